The Bertz CT molecular complexity index is 674. The Morgan fingerprint density at radius 3 is 2.48 bits per heavy atom. The van der Waals surface area contributed by atoms with Crippen molar-refractivity contribution in [1.82, 2.24) is 10.3 Å². The van der Waals surface area contributed by atoms with Gasteiger partial charge in [-0.3, -0.25) is 9.59 Å². The van der Waals surface area contributed by atoms with Gasteiger partial charge in [-0.15, -0.1) is 0 Å². The van der Waals surface area contributed by atoms with E-state index in [9.17, 15) is 9.59 Å². The SMILES string of the molecule is COCCNC(=O)c1cccc(C(=O)N(C)c2ccccc2)n1. The van der Waals surface area contributed by atoms with Gasteiger partial charge in [0, 0.05) is 26.4 Å². The number of para-hydroxylation sites is 1. The second kappa shape index (κ2) is 8.05. The second-order valence-electron chi connectivity index (χ2n) is 4.86. The van der Waals surface area contributed by atoms with Crippen LogP contribution in [0, 0.1) is 0 Å². The minimum absolute atomic E-state index is 0.202. The molecule has 1 heterocycles. The number of amides is 2. The third-order valence-corrected chi connectivity index (χ3v) is 3.24. The van der Waals surface area contributed by atoms with Crippen LogP contribution in [0.4, 0.5) is 5.69 Å². The molecular weight excluding hydrogens is 294 g/mol. The summed E-state index contributed by atoms with van der Waals surface area (Å²) in [5, 5.41) is 2.68. The molecule has 0 bridgehead atoms. The third-order valence-electron chi connectivity index (χ3n) is 3.24. The molecule has 0 aliphatic rings. The zero-order valence-electron chi connectivity index (χ0n) is 13.2. The molecule has 1 N–H and O–H groups in total. The number of anilines is 1. The lowest BCUT2D eigenvalue weighted by Gasteiger charge is -2.17. The fraction of sp³-hybridized carbons (Fsp3) is 0.235. The normalized spacial score (nSPS) is 10.2. The number of aromatic nitrogens is 1. The maximum absolute atomic E-state index is 12.5. The molecule has 0 saturated carbocycles. The van der Waals surface area contributed by atoms with Gasteiger partial charge < -0.3 is 15.0 Å². The number of hydrogen-bond donors (Lipinski definition) is 1. The van der Waals surface area contributed by atoms with Crippen molar-refractivity contribution in [3.8, 4) is 0 Å². The maximum Gasteiger partial charge on any atom is 0.276 e. The number of methoxy groups -OCH3 is 1. The quantitative estimate of drug-likeness (QED) is 0.825. The molecule has 0 unspecified atom stereocenters. The van der Waals surface area contributed by atoms with Crippen molar-refractivity contribution in [3.63, 3.8) is 0 Å². The standard InChI is InChI=1S/C17H19N3O3/c1-20(13-7-4-3-5-8-13)17(22)15-10-6-9-14(19-15)16(21)18-11-12-23-2/h3-10H,11-12H2,1-2H3,(H,18,21). The van der Waals surface area contributed by atoms with Crippen molar-refractivity contribution in [2.45, 2.75) is 0 Å². The molecule has 6 heteroatoms. The Kier molecular flexibility index (Phi) is 5.82. The lowest BCUT2D eigenvalue weighted by atomic mass is 10.2. The Morgan fingerprint density at radius 1 is 1.09 bits per heavy atom. The van der Waals surface area contributed by atoms with Crippen LogP contribution in [-0.4, -0.2) is 44.1 Å². The first-order valence-corrected chi connectivity index (χ1v) is 7.21. The van der Waals surface area contributed by atoms with Crippen LogP contribution in [0.2, 0.25) is 0 Å². The van der Waals surface area contributed by atoms with Crippen molar-refractivity contribution < 1.29 is 14.3 Å². The van der Waals surface area contributed by atoms with Crippen molar-refractivity contribution in [2.24, 2.45) is 0 Å². The van der Waals surface area contributed by atoms with Crippen LogP contribution < -0.4 is 10.2 Å². The average molecular weight is 313 g/mol. The van der Waals surface area contributed by atoms with E-state index >= 15 is 0 Å². The molecule has 1 aromatic carbocycles. The minimum atomic E-state index is -0.334. The molecule has 2 rings (SSSR count). The number of nitrogens with zero attached hydrogens (tertiary/aromatic N) is 2. The van der Waals surface area contributed by atoms with Crippen LogP contribution in [0.15, 0.2) is 48.5 Å². The van der Waals surface area contributed by atoms with E-state index in [1.54, 1.807) is 32.4 Å². The second-order valence-corrected chi connectivity index (χ2v) is 4.86. The number of ether oxygens (including phenoxy) is 1. The largest absolute Gasteiger partial charge is 0.383 e. The molecule has 0 aliphatic heterocycles. The van der Waals surface area contributed by atoms with Crippen LogP contribution in [0.3, 0.4) is 0 Å². The number of hydrogen-bond acceptors (Lipinski definition) is 4. The molecule has 0 fully saturated rings. The lowest BCUT2D eigenvalue weighted by Crippen LogP contribution is -2.30. The molecule has 1 aromatic heterocycles. The van der Waals surface area contributed by atoms with Crippen molar-refractivity contribution in [3.05, 3.63) is 59.9 Å². The van der Waals surface area contributed by atoms with E-state index in [1.165, 1.54) is 4.90 Å². The minimum Gasteiger partial charge on any atom is -0.383 e. The molecule has 0 spiro atoms. The molecule has 0 aliphatic carbocycles. The van der Waals surface area contributed by atoms with E-state index < -0.39 is 0 Å². The summed E-state index contributed by atoms with van der Waals surface area (Å²) in [4.78, 5) is 30.1. The van der Waals surface area contributed by atoms with Gasteiger partial charge in [-0.2, -0.15) is 0 Å². The molecule has 2 aromatic rings. The summed E-state index contributed by atoms with van der Waals surface area (Å²) >= 11 is 0. The van der Waals surface area contributed by atoms with E-state index in [4.69, 9.17) is 4.74 Å². The molecule has 0 radical (unpaired) electrons. The molecule has 23 heavy (non-hydrogen) atoms. The molecular formula is C17H19N3O3. The van der Waals surface area contributed by atoms with Crippen LogP contribution in [0.1, 0.15) is 21.0 Å². The van der Waals surface area contributed by atoms with Crippen LogP contribution >= 0.6 is 0 Å². The first-order chi connectivity index (χ1) is 11.1. The van der Waals surface area contributed by atoms with Gasteiger partial charge in [-0.25, -0.2) is 4.98 Å². The molecule has 0 saturated heterocycles. The van der Waals surface area contributed by atoms with E-state index in [-0.39, 0.29) is 23.2 Å². The van der Waals surface area contributed by atoms with Crippen molar-refractivity contribution in [2.75, 3.05) is 32.2 Å². The summed E-state index contributed by atoms with van der Waals surface area (Å²) in [5.74, 6) is -0.609. The van der Waals surface area contributed by atoms with Crippen LogP contribution in [0.25, 0.3) is 0 Å². The summed E-state index contributed by atoms with van der Waals surface area (Å²) in [7, 11) is 3.23. The zero-order chi connectivity index (χ0) is 16.7. The van der Waals surface area contributed by atoms with Gasteiger partial charge in [-0.05, 0) is 24.3 Å². The van der Waals surface area contributed by atoms with Gasteiger partial charge in [0.15, 0.2) is 0 Å². The Labute approximate surface area is 135 Å². The monoisotopic (exact) mass is 313 g/mol. The van der Waals surface area contributed by atoms with E-state index in [2.05, 4.69) is 10.3 Å². The number of carbonyl (C=O) groups is 2. The van der Waals surface area contributed by atoms with E-state index in [1.807, 2.05) is 30.3 Å². The topological polar surface area (TPSA) is 71.5 Å². The van der Waals surface area contributed by atoms with Gasteiger partial charge in [0.25, 0.3) is 11.8 Å². The van der Waals surface area contributed by atoms with Crippen molar-refractivity contribution >= 4 is 17.5 Å². The highest BCUT2D eigenvalue weighted by Gasteiger charge is 2.16. The van der Waals surface area contributed by atoms with E-state index in [0.29, 0.717) is 13.2 Å². The Hall–Kier alpha value is -2.73. The highest BCUT2D eigenvalue weighted by molar-refractivity contribution is 6.05. The molecule has 6 nitrogen and oxygen atoms in total. The highest BCUT2D eigenvalue weighted by Crippen LogP contribution is 2.14. The predicted octanol–water partition coefficient (Wildman–Crippen LogP) is 1.73. The lowest BCUT2D eigenvalue weighted by molar-refractivity contribution is 0.0931. The number of nitrogens with one attached hydrogen (secondary N) is 1. The molecule has 0 atom stereocenters. The molecule has 2 amide bonds. The summed E-state index contributed by atoms with van der Waals surface area (Å²) in [6, 6.07) is 14.1. The number of pyridine rings is 1. The van der Waals surface area contributed by atoms with Gasteiger partial charge >= 0.3 is 0 Å². The molecule has 120 valence electrons. The maximum atomic E-state index is 12.5. The number of rotatable bonds is 6. The third kappa shape index (κ3) is 4.37. The fourth-order valence-electron chi connectivity index (χ4n) is 1.98. The van der Waals surface area contributed by atoms with Gasteiger partial charge in [-0.1, -0.05) is 24.3 Å². The van der Waals surface area contributed by atoms with Crippen LogP contribution in [0.5, 0.6) is 0 Å². The Balaban J connectivity index is 2.12. The predicted molar refractivity (Wildman–Crippen MR) is 87.6 cm³/mol. The summed E-state index contributed by atoms with van der Waals surface area (Å²) in [5.41, 5.74) is 1.18. The van der Waals surface area contributed by atoms with Gasteiger partial charge in [0.1, 0.15) is 11.4 Å². The zero-order valence-corrected chi connectivity index (χ0v) is 13.2. The highest BCUT2D eigenvalue weighted by atomic mass is 16.5. The van der Waals surface area contributed by atoms with Crippen LogP contribution in [-0.2, 0) is 4.74 Å². The number of benzene rings is 1. The first kappa shape index (κ1) is 16.6. The van der Waals surface area contributed by atoms with Gasteiger partial charge in [0.05, 0.1) is 6.61 Å². The summed E-state index contributed by atoms with van der Waals surface area (Å²) in [6.45, 7) is 0.806. The average Bonchev–Trinajstić information content (AvgIpc) is 2.61. The smallest absolute Gasteiger partial charge is 0.276 e. The summed E-state index contributed by atoms with van der Waals surface area (Å²) in [6.07, 6.45) is 0. The fourth-order valence-corrected chi connectivity index (χ4v) is 1.98. The Morgan fingerprint density at radius 2 is 1.78 bits per heavy atom. The number of carbonyl (C=O) groups excluding carboxylic acids is 2. The first-order valence-electron chi connectivity index (χ1n) is 7.21. The van der Waals surface area contributed by atoms with E-state index in [0.717, 1.165) is 5.69 Å². The van der Waals surface area contributed by atoms with Crippen molar-refractivity contribution in [1.29, 1.82) is 0 Å². The summed E-state index contributed by atoms with van der Waals surface area (Å²) < 4.78 is 4.87. The van der Waals surface area contributed by atoms with Gasteiger partial charge in [0.2, 0.25) is 0 Å².